The first-order chi connectivity index (χ1) is 9.61. The maximum Gasteiger partial charge on any atom is 0.184 e. The molecule has 6 nitrogen and oxygen atoms in total. The van der Waals surface area contributed by atoms with Crippen molar-refractivity contribution in [2.24, 2.45) is 0 Å². The van der Waals surface area contributed by atoms with Crippen molar-refractivity contribution in [3.05, 3.63) is 0 Å². The van der Waals surface area contributed by atoms with Crippen LogP contribution in [0, 0.1) is 0 Å². The predicted molar refractivity (Wildman–Crippen MR) is 73.1 cm³/mol. The van der Waals surface area contributed by atoms with Crippen LogP contribution in [-0.4, -0.2) is 64.3 Å². The van der Waals surface area contributed by atoms with Crippen LogP contribution in [0.1, 0.15) is 45.4 Å². The highest BCUT2D eigenvalue weighted by molar-refractivity contribution is 4.89. The van der Waals surface area contributed by atoms with E-state index < -0.39 is 37.3 Å². The van der Waals surface area contributed by atoms with Gasteiger partial charge in [0.2, 0.25) is 0 Å². The van der Waals surface area contributed by atoms with E-state index in [9.17, 15) is 15.3 Å². The van der Waals surface area contributed by atoms with Crippen molar-refractivity contribution in [2.45, 2.75) is 76.2 Å². The second-order valence-electron chi connectivity index (χ2n) is 5.33. The number of rotatable bonds is 9. The molecule has 1 aliphatic heterocycles. The normalized spacial score (nSPS) is 34.4. The van der Waals surface area contributed by atoms with Gasteiger partial charge in [-0.25, -0.2) is 0 Å². The lowest BCUT2D eigenvalue weighted by Crippen LogP contribution is -2.59. The van der Waals surface area contributed by atoms with E-state index in [0.29, 0.717) is 6.61 Å². The monoisotopic (exact) mass is 292 g/mol. The molecular formula is C14H28O6. The van der Waals surface area contributed by atoms with Crippen LogP contribution in [0.3, 0.4) is 0 Å². The third kappa shape index (κ3) is 5.27. The molecule has 0 saturated carbocycles. The van der Waals surface area contributed by atoms with Gasteiger partial charge < -0.3 is 29.9 Å². The Balaban J connectivity index is 2.22. The van der Waals surface area contributed by atoms with Gasteiger partial charge in [-0.15, -0.1) is 0 Å². The fourth-order valence-electron chi connectivity index (χ4n) is 2.35. The Labute approximate surface area is 120 Å². The molecule has 1 rings (SSSR count). The Morgan fingerprint density at radius 2 is 1.60 bits per heavy atom. The van der Waals surface area contributed by atoms with Crippen LogP contribution in [0.2, 0.25) is 0 Å². The molecule has 1 aliphatic rings. The van der Waals surface area contributed by atoms with E-state index in [0.717, 1.165) is 19.3 Å². The molecular weight excluding hydrogens is 264 g/mol. The molecule has 0 radical (unpaired) electrons. The van der Waals surface area contributed by atoms with Crippen LogP contribution in [0.5, 0.6) is 0 Å². The number of unbranched alkanes of at least 4 members (excludes halogenated alkanes) is 5. The van der Waals surface area contributed by atoms with Crippen LogP contribution < -0.4 is 0 Å². The number of hydrogen-bond donors (Lipinski definition) is 4. The molecule has 0 aliphatic carbocycles. The SMILES string of the molecule is CCCCCCCCO[C@@H]1[C@@H](O)[C@@H](O)[C@@H](CO)O[C@@H]1O. The maximum atomic E-state index is 9.86. The Bertz CT molecular complexity index is 250. The Morgan fingerprint density at radius 1 is 0.950 bits per heavy atom. The van der Waals surface area contributed by atoms with E-state index in [1.807, 2.05) is 0 Å². The van der Waals surface area contributed by atoms with Gasteiger partial charge in [-0.1, -0.05) is 39.0 Å². The van der Waals surface area contributed by atoms with E-state index >= 15 is 0 Å². The van der Waals surface area contributed by atoms with Crippen LogP contribution in [0.4, 0.5) is 0 Å². The minimum absolute atomic E-state index is 0.408. The van der Waals surface area contributed by atoms with Gasteiger partial charge in [0.15, 0.2) is 6.29 Å². The third-order valence-electron chi connectivity index (χ3n) is 3.65. The van der Waals surface area contributed by atoms with Crippen LogP contribution in [-0.2, 0) is 9.47 Å². The quantitative estimate of drug-likeness (QED) is 0.452. The topological polar surface area (TPSA) is 99.4 Å². The summed E-state index contributed by atoms with van der Waals surface area (Å²) in [4.78, 5) is 0. The molecule has 0 spiro atoms. The van der Waals surface area contributed by atoms with Gasteiger partial charge in [0.1, 0.15) is 24.4 Å². The van der Waals surface area contributed by atoms with Crippen LogP contribution >= 0.6 is 0 Å². The molecule has 0 unspecified atom stereocenters. The molecule has 0 aromatic carbocycles. The number of aliphatic hydroxyl groups is 4. The van der Waals surface area contributed by atoms with Crippen molar-refractivity contribution < 1.29 is 29.9 Å². The van der Waals surface area contributed by atoms with E-state index in [1.54, 1.807) is 0 Å². The molecule has 20 heavy (non-hydrogen) atoms. The molecule has 5 atom stereocenters. The summed E-state index contributed by atoms with van der Waals surface area (Å²) in [6.45, 7) is 2.12. The van der Waals surface area contributed by atoms with Crippen LogP contribution in [0.15, 0.2) is 0 Å². The first-order valence-corrected chi connectivity index (χ1v) is 7.54. The number of aliphatic hydroxyl groups excluding tert-OH is 4. The average Bonchev–Trinajstić information content (AvgIpc) is 2.45. The first-order valence-electron chi connectivity index (χ1n) is 7.54. The van der Waals surface area contributed by atoms with Crippen molar-refractivity contribution in [1.29, 1.82) is 0 Å². The van der Waals surface area contributed by atoms with Gasteiger partial charge in [-0.05, 0) is 6.42 Å². The Hall–Kier alpha value is -0.240. The average molecular weight is 292 g/mol. The summed E-state index contributed by atoms with van der Waals surface area (Å²) in [5.74, 6) is 0. The largest absolute Gasteiger partial charge is 0.394 e. The van der Waals surface area contributed by atoms with E-state index in [4.69, 9.17) is 14.6 Å². The van der Waals surface area contributed by atoms with Crippen molar-refractivity contribution in [2.75, 3.05) is 13.2 Å². The molecule has 0 amide bonds. The molecule has 4 N–H and O–H groups in total. The summed E-state index contributed by atoms with van der Waals surface area (Å²) < 4.78 is 10.4. The van der Waals surface area contributed by atoms with E-state index in [-0.39, 0.29) is 0 Å². The molecule has 1 fully saturated rings. The fourth-order valence-corrected chi connectivity index (χ4v) is 2.35. The zero-order chi connectivity index (χ0) is 15.0. The molecule has 6 heteroatoms. The predicted octanol–water partition coefficient (Wildman–Crippen LogP) is 0.163. The highest BCUT2D eigenvalue weighted by atomic mass is 16.7. The Morgan fingerprint density at radius 3 is 2.25 bits per heavy atom. The minimum atomic E-state index is -1.33. The second-order valence-corrected chi connectivity index (χ2v) is 5.33. The van der Waals surface area contributed by atoms with Crippen molar-refractivity contribution in [3.8, 4) is 0 Å². The summed E-state index contributed by atoms with van der Waals surface area (Å²) in [6.07, 6.45) is 0.920. The minimum Gasteiger partial charge on any atom is -0.394 e. The smallest absolute Gasteiger partial charge is 0.184 e. The summed E-state index contributed by atoms with van der Waals surface area (Å²) >= 11 is 0. The van der Waals surface area contributed by atoms with Crippen molar-refractivity contribution >= 4 is 0 Å². The zero-order valence-electron chi connectivity index (χ0n) is 12.1. The fraction of sp³-hybridized carbons (Fsp3) is 1.00. The van der Waals surface area contributed by atoms with Gasteiger partial charge in [0.25, 0.3) is 0 Å². The van der Waals surface area contributed by atoms with Crippen molar-refractivity contribution in [1.82, 2.24) is 0 Å². The highest BCUT2D eigenvalue weighted by Crippen LogP contribution is 2.22. The van der Waals surface area contributed by atoms with E-state index in [1.165, 1.54) is 19.3 Å². The van der Waals surface area contributed by atoms with Gasteiger partial charge in [-0.2, -0.15) is 0 Å². The lowest BCUT2D eigenvalue weighted by Gasteiger charge is -2.39. The lowest BCUT2D eigenvalue weighted by molar-refractivity contribution is -0.296. The van der Waals surface area contributed by atoms with Crippen LogP contribution in [0.25, 0.3) is 0 Å². The van der Waals surface area contributed by atoms with Gasteiger partial charge in [0.05, 0.1) is 6.61 Å². The first kappa shape index (κ1) is 17.8. The van der Waals surface area contributed by atoms with E-state index in [2.05, 4.69) is 6.92 Å². The Kier molecular flexibility index (Phi) is 8.60. The maximum absolute atomic E-state index is 9.86. The van der Waals surface area contributed by atoms with Gasteiger partial charge >= 0.3 is 0 Å². The molecule has 1 saturated heterocycles. The van der Waals surface area contributed by atoms with Crippen molar-refractivity contribution in [3.63, 3.8) is 0 Å². The summed E-state index contributed by atoms with van der Waals surface area (Å²) in [5, 5.41) is 38.2. The third-order valence-corrected chi connectivity index (χ3v) is 3.65. The molecule has 120 valence electrons. The summed E-state index contributed by atoms with van der Waals surface area (Å²) in [5.41, 5.74) is 0. The van der Waals surface area contributed by atoms with Gasteiger partial charge in [0, 0.05) is 6.61 Å². The van der Waals surface area contributed by atoms with Gasteiger partial charge in [-0.3, -0.25) is 0 Å². The summed E-state index contributed by atoms with van der Waals surface area (Å²) in [6, 6.07) is 0. The molecule has 0 aromatic rings. The summed E-state index contributed by atoms with van der Waals surface area (Å²) in [7, 11) is 0. The molecule has 0 aromatic heterocycles. The number of hydrogen-bond acceptors (Lipinski definition) is 6. The highest BCUT2D eigenvalue weighted by Gasteiger charge is 2.44. The zero-order valence-corrected chi connectivity index (χ0v) is 12.1. The lowest BCUT2D eigenvalue weighted by atomic mass is 9.99. The molecule has 0 bridgehead atoms. The second kappa shape index (κ2) is 9.65. The number of ether oxygens (including phenoxy) is 2. The molecule has 1 heterocycles. The standard InChI is InChI=1S/C14H28O6/c1-2-3-4-5-6-7-8-19-13-12(17)11(16)10(9-15)20-14(13)18/h10-18H,2-9H2,1H3/t10-,11+,12+,13-,14+/m1/s1.